The Balaban J connectivity index is 1.77. The van der Waals surface area contributed by atoms with Crippen molar-refractivity contribution < 1.29 is 13.9 Å². The number of rotatable bonds is 5. The number of benzene rings is 2. The fraction of sp³-hybridized carbons (Fsp3) is 0.0952. The van der Waals surface area contributed by atoms with Crippen molar-refractivity contribution in [1.29, 1.82) is 5.26 Å². The van der Waals surface area contributed by atoms with Crippen LogP contribution in [0.5, 0.6) is 5.75 Å². The van der Waals surface area contributed by atoms with E-state index in [-0.39, 0.29) is 33.6 Å². The molecular formula is C21H14Cl2FN3O2. The molecule has 1 amide bonds. The van der Waals surface area contributed by atoms with Crippen molar-refractivity contribution in [2.45, 2.75) is 6.54 Å². The molecule has 1 N–H and O–H groups in total. The highest BCUT2D eigenvalue weighted by Crippen LogP contribution is 2.29. The second-order valence-electron chi connectivity index (χ2n) is 5.99. The summed E-state index contributed by atoms with van der Waals surface area (Å²) in [7, 11) is 1.41. The fourth-order valence-corrected chi connectivity index (χ4v) is 3.20. The van der Waals surface area contributed by atoms with Gasteiger partial charge in [0.2, 0.25) is 0 Å². The topological polar surface area (TPSA) is 75.0 Å². The Morgan fingerprint density at radius 2 is 1.93 bits per heavy atom. The molecule has 1 aromatic heterocycles. The number of carbonyl (C=O) groups excluding carboxylic acids is 1. The van der Waals surface area contributed by atoms with Gasteiger partial charge in [0.25, 0.3) is 5.91 Å². The highest BCUT2D eigenvalue weighted by molar-refractivity contribution is 6.35. The largest absolute Gasteiger partial charge is 0.496 e. The monoisotopic (exact) mass is 429 g/mol. The molecule has 146 valence electrons. The minimum Gasteiger partial charge on any atom is -0.496 e. The van der Waals surface area contributed by atoms with Gasteiger partial charge in [0, 0.05) is 12.1 Å². The number of nitrogens with zero attached hydrogens (tertiary/aromatic N) is 2. The van der Waals surface area contributed by atoms with Crippen molar-refractivity contribution in [2.24, 2.45) is 0 Å². The van der Waals surface area contributed by atoms with Crippen LogP contribution in [0.15, 0.2) is 48.5 Å². The van der Waals surface area contributed by atoms with E-state index >= 15 is 0 Å². The highest BCUT2D eigenvalue weighted by atomic mass is 35.5. The molecule has 0 radical (unpaired) electrons. The first-order valence-electron chi connectivity index (χ1n) is 8.40. The van der Waals surface area contributed by atoms with Gasteiger partial charge in [0.05, 0.1) is 29.0 Å². The zero-order chi connectivity index (χ0) is 21.0. The Morgan fingerprint density at radius 1 is 1.21 bits per heavy atom. The number of amides is 1. The van der Waals surface area contributed by atoms with Crippen LogP contribution >= 0.6 is 23.2 Å². The van der Waals surface area contributed by atoms with Gasteiger partial charge in [0.15, 0.2) is 0 Å². The van der Waals surface area contributed by atoms with E-state index in [0.717, 1.165) is 11.6 Å². The van der Waals surface area contributed by atoms with Crippen molar-refractivity contribution in [3.05, 3.63) is 81.2 Å². The lowest BCUT2D eigenvalue weighted by molar-refractivity contribution is 0.0947. The van der Waals surface area contributed by atoms with Gasteiger partial charge in [-0.2, -0.15) is 5.26 Å². The number of hydrogen-bond acceptors (Lipinski definition) is 4. The first kappa shape index (κ1) is 20.6. The van der Waals surface area contributed by atoms with Crippen LogP contribution < -0.4 is 10.1 Å². The molecule has 0 saturated heterocycles. The third-order valence-electron chi connectivity index (χ3n) is 4.14. The molecule has 2 aromatic carbocycles. The van der Waals surface area contributed by atoms with E-state index in [1.54, 1.807) is 24.3 Å². The third kappa shape index (κ3) is 4.65. The minimum absolute atomic E-state index is 0.112. The lowest BCUT2D eigenvalue weighted by Crippen LogP contribution is -2.23. The molecule has 5 nitrogen and oxygen atoms in total. The maximum absolute atomic E-state index is 13.4. The van der Waals surface area contributed by atoms with Crippen molar-refractivity contribution in [3.63, 3.8) is 0 Å². The third-order valence-corrected chi connectivity index (χ3v) is 4.63. The van der Waals surface area contributed by atoms with Crippen molar-refractivity contribution in [2.75, 3.05) is 7.11 Å². The second-order valence-corrected chi connectivity index (χ2v) is 6.78. The van der Waals surface area contributed by atoms with Crippen LogP contribution in [0.25, 0.3) is 11.3 Å². The summed E-state index contributed by atoms with van der Waals surface area (Å²) >= 11 is 12.0. The molecule has 3 aromatic rings. The van der Waals surface area contributed by atoms with Crippen LogP contribution in [0, 0.1) is 17.1 Å². The molecule has 0 aliphatic carbocycles. The molecule has 1 heterocycles. The number of nitrogens with one attached hydrogen (secondary N) is 1. The van der Waals surface area contributed by atoms with E-state index in [0.29, 0.717) is 11.3 Å². The Hall–Kier alpha value is -3.14. The molecular weight excluding hydrogens is 416 g/mol. The first-order valence-corrected chi connectivity index (χ1v) is 9.15. The van der Waals surface area contributed by atoms with E-state index in [2.05, 4.69) is 10.3 Å². The molecule has 0 bridgehead atoms. The number of hydrogen-bond donors (Lipinski definition) is 1. The summed E-state index contributed by atoms with van der Waals surface area (Å²) in [6.07, 6.45) is 0. The van der Waals surface area contributed by atoms with Crippen LogP contribution in [0.3, 0.4) is 0 Å². The average molecular weight is 430 g/mol. The van der Waals surface area contributed by atoms with Crippen LogP contribution in [0.2, 0.25) is 10.2 Å². The van der Waals surface area contributed by atoms with Crippen molar-refractivity contribution in [3.8, 4) is 23.1 Å². The molecule has 0 spiro atoms. The van der Waals surface area contributed by atoms with E-state index in [1.807, 2.05) is 6.07 Å². The average Bonchev–Trinajstić information content (AvgIpc) is 2.72. The van der Waals surface area contributed by atoms with Crippen LogP contribution in [0.4, 0.5) is 4.39 Å². The summed E-state index contributed by atoms with van der Waals surface area (Å²) in [6, 6.07) is 14.2. The Labute approximate surface area is 176 Å². The molecule has 3 rings (SSSR count). The standard InChI is InChI=1S/C21H14Cl2FN3O2/c1-29-18-7-6-14(24)8-15(18)21(28)26-11-12-2-4-13(5-3-12)20-16(10-25)17(22)9-19(23)27-20/h2-9H,11H2,1H3,(H,26,28). The number of pyridine rings is 1. The summed E-state index contributed by atoms with van der Waals surface area (Å²) in [6.45, 7) is 0.216. The van der Waals surface area contributed by atoms with Gasteiger partial charge < -0.3 is 10.1 Å². The summed E-state index contributed by atoms with van der Waals surface area (Å²) in [5, 5.41) is 12.5. The number of nitriles is 1. The first-order chi connectivity index (χ1) is 13.9. The quantitative estimate of drug-likeness (QED) is 0.578. The summed E-state index contributed by atoms with van der Waals surface area (Å²) in [5.74, 6) is -0.700. The number of methoxy groups -OCH3 is 1. The molecule has 0 aliphatic heterocycles. The Bertz CT molecular complexity index is 1110. The number of aromatic nitrogens is 1. The predicted octanol–water partition coefficient (Wildman–Crippen LogP) is 5.00. The van der Waals surface area contributed by atoms with Gasteiger partial charge in [-0.1, -0.05) is 47.5 Å². The Morgan fingerprint density at radius 3 is 2.59 bits per heavy atom. The molecule has 0 unspecified atom stereocenters. The molecule has 0 fully saturated rings. The summed E-state index contributed by atoms with van der Waals surface area (Å²) < 4.78 is 18.5. The second kappa shape index (κ2) is 8.91. The van der Waals surface area contributed by atoms with Crippen LogP contribution in [-0.4, -0.2) is 18.0 Å². The fourth-order valence-electron chi connectivity index (χ4n) is 2.72. The highest BCUT2D eigenvalue weighted by Gasteiger charge is 2.14. The smallest absolute Gasteiger partial charge is 0.255 e. The van der Waals surface area contributed by atoms with Crippen molar-refractivity contribution >= 4 is 29.1 Å². The lowest BCUT2D eigenvalue weighted by Gasteiger charge is -2.10. The molecule has 0 aliphatic rings. The lowest BCUT2D eigenvalue weighted by atomic mass is 10.0. The van der Waals surface area contributed by atoms with Crippen LogP contribution in [0.1, 0.15) is 21.5 Å². The van der Waals surface area contributed by atoms with Gasteiger partial charge >= 0.3 is 0 Å². The zero-order valence-electron chi connectivity index (χ0n) is 15.2. The zero-order valence-corrected chi connectivity index (χ0v) is 16.7. The number of carbonyl (C=O) groups is 1. The van der Waals surface area contributed by atoms with E-state index < -0.39 is 11.7 Å². The molecule has 8 heteroatoms. The van der Waals surface area contributed by atoms with Gasteiger partial charge in [0.1, 0.15) is 22.8 Å². The van der Waals surface area contributed by atoms with Gasteiger partial charge in [-0.05, 0) is 29.8 Å². The number of ether oxygens (including phenoxy) is 1. The number of halogens is 3. The summed E-state index contributed by atoms with van der Waals surface area (Å²) in [5.41, 5.74) is 2.18. The molecule has 0 atom stereocenters. The maximum Gasteiger partial charge on any atom is 0.255 e. The molecule has 29 heavy (non-hydrogen) atoms. The summed E-state index contributed by atoms with van der Waals surface area (Å²) in [4.78, 5) is 16.5. The van der Waals surface area contributed by atoms with E-state index in [1.165, 1.54) is 25.3 Å². The normalized spacial score (nSPS) is 10.3. The van der Waals surface area contributed by atoms with E-state index in [9.17, 15) is 14.4 Å². The SMILES string of the molecule is COc1ccc(F)cc1C(=O)NCc1ccc(-c2nc(Cl)cc(Cl)c2C#N)cc1. The van der Waals surface area contributed by atoms with Gasteiger partial charge in [-0.15, -0.1) is 0 Å². The van der Waals surface area contributed by atoms with Crippen LogP contribution in [-0.2, 0) is 6.54 Å². The maximum atomic E-state index is 13.4. The van der Waals surface area contributed by atoms with E-state index in [4.69, 9.17) is 27.9 Å². The molecule has 0 saturated carbocycles. The van der Waals surface area contributed by atoms with Gasteiger partial charge in [-0.3, -0.25) is 4.79 Å². The van der Waals surface area contributed by atoms with Gasteiger partial charge in [-0.25, -0.2) is 9.37 Å². The Kier molecular flexibility index (Phi) is 6.32. The predicted molar refractivity (Wildman–Crippen MR) is 109 cm³/mol. The van der Waals surface area contributed by atoms with Crippen molar-refractivity contribution in [1.82, 2.24) is 10.3 Å². The minimum atomic E-state index is -0.527.